The van der Waals surface area contributed by atoms with E-state index < -0.39 is 0 Å². The second-order valence-electron chi connectivity index (χ2n) is 4.56. The van der Waals surface area contributed by atoms with E-state index in [-0.39, 0.29) is 10.6 Å². The minimum Gasteiger partial charge on any atom is -0.258 e. The lowest BCUT2D eigenvalue weighted by atomic mass is 9.97. The molecule has 0 N–H and O–H groups in total. The van der Waals surface area contributed by atoms with E-state index in [1.54, 1.807) is 6.07 Å². The Hall–Kier alpha value is -1.91. The van der Waals surface area contributed by atoms with Gasteiger partial charge < -0.3 is 0 Å². The van der Waals surface area contributed by atoms with Gasteiger partial charge in [-0.1, -0.05) is 57.9 Å². The lowest BCUT2D eigenvalue weighted by Crippen LogP contribution is -1.93. The van der Waals surface area contributed by atoms with Crippen molar-refractivity contribution in [3.05, 3.63) is 74.2 Å². The van der Waals surface area contributed by atoms with Crippen LogP contribution in [0.5, 0.6) is 0 Å². The van der Waals surface area contributed by atoms with Gasteiger partial charge in [0.1, 0.15) is 0 Å². The molecule has 0 aliphatic rings. The molecule has 0 unspecified atom stereocenters. The molecule has 0 aromatic heterocycles. The fraction of sp³-hybridized carbons (Fsp3) is 0. The topological polar surface area (TPSA) is 43.1 Å². The van der Waals surface area contributed by atoms with Gasteiger partial charge in [0.2, 0.25) is 0 Å². The van der Waals surface area contributed by atoms with Crippen molar-refractivity contribution in [2.45, 2.75) is 0 Å². The Bertz CT molecular complexity index is 859. The number of hydrogen-bond acceptors (Lipinski definition) is 2. The largest absolute Gasteiger partial charge is 0.277 e. The molecule has 0 saturated heterocycles. The fourth-order valence-electron chi connectivity index (χ4n) is 2.40. The van der Waals surface area contributed by atoms with Crippen LogP contribution in [0.15, 0.2) is 59.1 Å². The van der Waals surface area contributed by atoms with E-state index in [4.69, 9.17) is 11.6 Å². The van der Waals surface area contributed by atoms with E-state index >= 15 is 0 Å². The van der Waals surface area contributed by atoms with E-state index in [1.165, 1.54) is 12.1 Å². The zero-order valence-electron chi connectivity index (χ0n) is 10.7. The Morgan fingerprint density at radius 2 is 1.71 bits per heavy atom. The van der Waals surface area contributed by atoms with Crippen molar-refractivity contribution >= 4 is 44.0 Å². The second-order valence-corrected chi connectivity index (χ2v) is 5.85. The summed E-state index contributed by atoms with van der Waals surface area (Å²) in [5.41, 5.74) is 1.35. The van der Waals surface area contributed by atoms with Crippen LogP contribution < -0.4 is 0 Å². The van der Waals surface area contributed by atoms with Crippen LogP contribution >= 0.6 is 27.5 Å². The highest BCUT2D eigenvalue weighted by Crippen LogP contribution is 2.39. The van der Waals surface area contributed by atoms with E-state index in [9.17, 15) is 10.1 Å². The molecule has 21 heavy (non-hydrogen) atoms. The number of benzene rings is 3. The highest BCUT2D eigenvalue weighted by molar-refractivity contribution is 9.10. The molecule has 0 heterocycles. The summed E-state index contributed by atoms with van der Waals surface area (Å²) in [6.07, 6.45) is 0. The van der Waals surface area contributed by atoms with Crippen molar-refractivity contribution in [1.29, 1.82) is 0 Å². The molecule has 0 aliphatic carbocycles. The average molecular weight is 363 g/mol. The summed E-state index contributed by atoms with van der Waals surface area (Å²) in [6, 6.07) is 16.1. The van der Waals surface area contributed by atoms with Crippen LogP contribution in [-0.2, 0) is 0 Å². The molecular formula is C16H9BrClNO2. The third kappa shape index (κ3) is 2.52. The van der Waals surface area contributed by atoms with Gasteiger partial charge in [-0.3, -0.25) is 10.1 Å². The number of rotatable bonds is 2. The van der Waals surface area contributed by atoms with Gasteiger partial charge in [0.25, 0.3) is 5.69 Å². The maximum absolute atomic E-state index is 11.3. The van der Waals surface area contributed by atoms with Gasteiger partial charge in [-0.05, 0) is 29.1 Å². The minimum absolute atomic E-state index is 0.0441. The Kier molecular flexibility index (Phi) is 3.66. The summed E-state index contributed by atoms with van der Waals surface area (Å²) < 4.78 is 0.893. The first-order valence-electron chi connectivity index (χ1n) is 6.19. The maximum atomic E-state index is 11.3. The SMILES string of the molecule is O=[N+]([O-])c1ccc(Cl)cc1-c1cccc2cccc(Br)c12. The third-order valence-corrected chi connectivity index (χ3v) is 4.20. The van der Waals surface area contributed by atoms with Crippen molar-refractivity contribution in [2.75, 3.05) is 0 Å². The van der Waals surface area contributed by atoms with Crippen LogP contribution in [0.1, 0.15) is 0 Å². The zero-order valence-corrected chi connectivity index (χ0v) is 13.1. The smallest absolute Gasteiger partial charge is 0.258 e. The molecule has 104 valence electrons. The van der Waals surface area contributed by atoms with E-state index in [2.05, 4.69) is 15.9 Å². The van der Waals surface area contributed by atoms with Crippen molar-refractivity contribution in [3.63, 3.8) is 0 Å². The predicted molar refractivity (Wildman–Crippen MR) is 88.7 cm³/mol. The number of hydrogen-bond donors (Lipinski definition) is 0. The van der Waals surface area contributed by atoms with Gasteiger partial charge in [-0.2, -0.15) is 0 Å². The molecule has 0 radical (unpaired) electrons. The second kappa shape index (κ2) is 5.47. The molecule has 5 heteroatoms. The monoisotopic (exact) mass is 361 g/mol. The number of nitrogens with zero attached hydrogens (tertiary/aromatic N) is 1. The van der Waals surface area contributed by atoms with Crippen molar-refractivity contribution in [3.8, 4) is 11.1 Å². The molecule has 0 aliphatic heterocycles. The molecular weight excluding hydrogens is 354 g/mol. The van der Waals surface area contributed by atoms with Crippen LogP contribution in [0, 0.1) is 10.1 Å². The van der Waals surface area contributed by atoms with Gasteiger partial charge in [0.15, 0.2) is 0 Å². The molecule has 3 aromatic carbocycles. The standard InChI is InChI=1S/C16H9BrClNO2/c17-14-6-2-4-10-3-1-5-12(16(10)14)13-9-11(18)7-8-15(13)19(20)21/h1-9H. The summed E-state index contributed by atoms with van der Waals surface area (Å²) in [5.74, 6) is 0. The molecule has 3 rings (SSSR count). The van der Waals surface area contributed by atoms with Gasteiger partial charge in [0.05, 0.1) is 10.5 Å². The van der Waals surface area contributed by atoms with E-state index in [0.29, 0.717) is 10.6 Å². The first kappa shape index (κ1) is 14.0. The fourth-order valence-corrected chi connectivity index (χ4v) is 3.17. The molecule has 0 atom stereocenters. The molecule has 3 nitrogen and oxygen atoms in total. The molecule has 0 amide bonds. The van der Waals surface area contributed by atoms with Crippen LogP contribution in [0.4, 0.5) is 5.69 Å². The Balaban J connectivity index is 2.41. The summed E-state index contributed by atoms with van der Waals surface area (Å²) in [4.78, 5) is 10.9. The van der Waals surface area contributed by atoms with E-state index in [0.717, 1.165) is 20.8 Å². The highest BCUT2D eigenvalue weighted by Gasteiger charge is 2.18. The predicted octanol–water partition coefficient (Wildman–Crippen LogP) is 5.83. The molecule has 0 fully saturated rings. The summed E-state index contributed by atoms with van der Waals surface area (Å²) in [7, 11) is 0. The number of nitro groups is 1. The molecule has 0 saturated carbocycles. The van der Waals surface area contributed by atoms with Gasteiger partial charge in [-0.25, -0.2) is 0 Å². The Labute approximate surface area is 134 Å². The van der Waals surface area contributed by atoms with Crippen LogP contribution in [0.2, 0.25) is 5.02 Å². The lowest BCUT2D eigenvalue weighted by molar-refractivity contribution is -0.384. The highest BCUT2D eigenvalue weighted by atomic mass is 79.9. The minimum atomic E-state index is -0.388. The molecule has 3 aromatic rings. The van der Waals surface area contributed by atoms with Crippen molar-refractivity contribution in [1.82, 2.24) is 0 Å². The molecule has 0 bridgehead atoms. The number of halogens is 2. The van der Waals surface area contributed by atoms with Crippen LogP contribution in [0.3, 0.4) is 0 Å². The molecule has 0 spiro atoms. The van der Waals surface area contributed by atoms with Crippen molar-refractivity contribution in [2.24, 2.45) is 0 Å². The third-order valence-electron chi connectivity index (χ3n) is 3.30. The quantitative estimate of drug-likeness (QED) is 0.425. The maximum Gasteiger partial charge on any atom is 0.277 e. The first-order valence-corrected chi connectivity index (χ1v) is 7.36. The number of nitro benzene ring substituents is 1. The Morgan fingerprint density at radius 3 is 2.43 bits per heavy atom. The van der Waals surface area contributed by atoms with Crippen LogP contribution in [0.25, 0.3) is 21.9 Å². The van der Waals surface area contributed by atoms with Gasteiger partial charge in [0, 0.05) is 20.9 Å². The Morgan fingerprint density at radius 1 is 1.00 bits per heavy atom. The van der Waals surface area contributed by atoms with E-state index in [1.807, 2.05) is 36.4 Å². The normalized spacial score (nSPS) is 10.8. The summed E-state index contributed by atoms with van der Waals surface area (Å²) in [6.45, 7) is 0. The van der Waals surface area contributed by atoms with Gasteiger partial charge in [-0.15, -0.1) is 0 Å². The first-order chi connectivity index (χ1) is 10.1. The van der Waals surface area contributed by atoms with Gasteiger partial charge >= 0.3 is 0 Å². The summed E-state index contributed by atoms with van der Waals surface area (Å²) in [5, 5.41) is 13.7. The summed E-state index contributed by atoms with van der Waals surface area (Å²) >= 11 is 9.55. The zero-order chi connectivity index (χ0) is 15.0. The number of fused-ring (bicyclic) bond motifs is 1. The average Bonchev–Trinajstić information content (AvgIpc) is 2.46. The van der Waals surface area contributed by atoms with Crippen LogP contribution in [-0.4, -0.2) is 4.92 Å². The van der Waals surface area contributed by atoms with Crippen molar-refractivity contribution < 1.29 is 4.92 Å². The lowest BCUT2D eigenvalue weighted by Gasteiger charge is -2.09.